The predicted molar refractivity (Wildman–Crippen MR) is 118 cm³/mol. The summed E-state index contributed by atoms with van der Waals surface area (Å²) in [5, 5.41) is 6.73. The van der Waals surface area contributed by atoms with Gasteiger partial charge >= 0.3 is 0 Å². The lowest BCUT2D eigenvalue weighted by Crippen LogP contribution is -2.22. The lowest BCUT2D eigenvalue weighted by molar-refractivity contribution is 0.0953. The Balaban J connectivity index is 1.78. The van der Waals surface area contributed by atoms with Gasteiger partial charge in [-0.3, -0.25) is 4.79 Å². The molecule has 2 aromatic carbocycles. The first-order valence-corrected chi connectivity index (χ1v) is 10.0. The minimum atomic E-state index is 0.106. The Hall–Kier alpha value is -3.21. The summed E-state index contributed by atoms with van der Waals surface area (Å²) in [6.07, 6.45) is 1.30. The number of aromatic nitrogens is 2. The molecule has 3 aromatic rings. The third-order valence-corrected chi connectivity index (χ3v) is 5.37. The number of hydrogen-bond donors (Lipinski definition) is 2. The molecule has 0 amide bonds. The molecule has 1 aliphatic rings. The van der Waals surface area contributed by atoms with E-state index in [1.165, 1.54) is 5.56 Å². The molecule has 2 N–H and O–H groups in total. The van der Waals surface area contributed by atoms with Crippen LogP contribution in [0.3, 0.4) is 0 Å². The van der Waals surface area contributed by atoms with Gasteiger partial charge in [0.2, 0.25) is 5.95 Å². The second kappa shape index (κ2) is 7.66. The van der Waals surface area contributed by atoms with Crippen LogP contribution in [0, 0.1) is 26.7 Å². The number of rotatable bonds is 4. The van der Waals surface area contributed by atoms with Crippen LogP contribution in [-0.2, 0) is 6.42 Å². The number of Topliss-reactive ketones (excluding diaryl/α,β-unsaturated/α-hetero) is 1. The van der Waals surface area contributed by atoms with E-state index in [4.69, 9.17) is 9.97 Å². The SMILES string of the molecule is Cc1ccc(Nc2nc3c(c(Nc4c(C)cccc4C)n2)C(=O)CC(C)C3)cc1. The van der Waals surface area contributed by atoms with E-state index < -0.39 is 0 Å². The van der Waals surface area contributed by atoms with Crippen molar-refractivity contribution < 1.29 is 4.79 Å². The first kappa shape index (κ1) is 19.1. The average Bonchev–Trinajstić information content (AvgIpc) is 2.66. The second-order valence-electron chi connectivity index (χ2n) is 8.04. The summed E-state index contributed by atoms with van der Waals surface area (Å²) >= 11 is 0. The van der Waals surface area contributed by atoms with Gasteiger partial charge in [-0.1, -0.05) is 42.8 Å². The van der Waals surface area contributed by atoms with Crippen LogP contribution >= 0.6 is 0 Å². The fourth-order valence-corrected chi connectivity index (χ4v) is 3.81. The number of ketones is 1. The summed E-state index contributed by atoms with van der Waals surface area (Å²) in [7, 11) is 0. The summed E-state index contributed by atoms with van der Waals surface area (Å²) in [5.74, 6) is 1.47. The molecule has 0 radical (unpaired) electrons. The van der Waals surface area contributed by atoms with Crippen LogP contribution in [0.25, 0.3) is 0 Å². The van der Waals surface area contributed by atoms with Gasteiger partial charge < -0.3 is 10.6 Å². The summed E-state index contributed by atoms with van der Waals surface area (Å²) in [6, 6.07) is 14.2. The van der Waals surface area contributed by atoms with Crippen LogP contribution in [0.4, 0.5) is 23.1 Å². The number of para-hydroxylation sites is 1. The van der Waals surface area contributed by atoms with Crippen LogP contribution in [0.15, 0.2) is 42.5 Å². The van der Waals surface area contributed by atoms with Gasteiger partial charge in [0.1, 0.15) is 5.82 Å². The molecule has 0 fully saturated rings. The molecule has 148 valence electrons. The van der Waals surface area contributed by atoms with E-state index >= 15 is 0 Å². The normalized spacial score (nSPS) is 15.7. The molecular formula is C24H26N4O. The first-order valence-electron chi connectivity index (χ1n) is 10.0. The molecule has 0 bridgehead atoms. The number of hydrogen-bond acceptors (Lipinski definition) is 5. The van der Waals surface area contributed by atoms with Crippen molar-refractivity contribution in [3.05, 3.63) is 70.4 Å². The molecule has 29 heavy (non-hydrogen) atoms. The van der Waals surface area contributed by atoms with Gasteiger partial charge in [-0.15, -0.1) is 0 Å². The van der Waals surface area contributed by atoms with E-state index in [0.717, 1.165) is 34.6 Å². The molecule has 4 rings (SSSR count). The number of aryl methyl sites for hydroxylation is 3. The highest BCUT2D eigenvalue weighted by atomic mass is 16.1. The van der Waals surface area contributed by atoms with Crippen molar-refractivity contribution in [1.82, 2.24) is 9.97 Å². The van der Waals surface area contributed by atoms with Crippen molar-refractivity contribution in [3.8, 4) is 0 Å². The van der Waals surface area contributed by atoms with Crippen molar-refractivity contribution in [2.24, 2.45) is 5.92 Å². The standard InChI is InChI=1S/C24H26N4O/c1-14-8-10-18(11-9-14)25-24-26-19-12-15(2)13-20(29)21(19)23(28-24)27-22-16(3)6-5-7-17(22)4/h5-11,15H,12-13H2,1-4H3,(H2,25,26,27,28). The molecular weight excluding hydrogens is 360 g/mol. The number of fused-ring (bicyclic) bond motifs is 1. The van der Waals surface area contributed by atoms with Crippen molar-refractivity contribution in [2.45, 2.75) is 40.5 Å². The molecule has 0 spiro atoms. The van der Waals surface area contributed by atoms with Gasteiger partial charge in [0.15, 0.2) is 5.78 Å². The predicted octanol–water partition coefficient (Wildman–Crippen LogP) is 5.65. The number of carbonyl (C=O) groups excluding carboxylic acids is 1. The van der Waals surface area contributed by atoms with E-state index in [0.29, 0.717) is 23.8 Å². The zero-order chi connectivity index (χ0) is 20.5. The Morgan fingerprint density at radius 3 is 2.28 bits per heavy atom. The fourth-order valence-electron chi connectivity index (χ4n) is 3.81. The van der Waals surface area contributed by atoms with Gasteiger partial charge in [-0.05, 0) is 56.4 Å². The number of nitrogens with one attached hydrogen (secondary N) is 2. The smallest absolute Gasteiger partial charge is 0.229 e. The van der Waals surface area contributed by atoms with Crippen LogP contribution in [0.1, 0.15) is 46.1 Å². The molecule has 1 aliphatic carbocycles. The number of carbonyl (C=O) groups is 1. The van der Waals surface area contributed by atoms with E-state index in [1.807, 2.05) is 30.3 Å². The molecule has 5 nitrogen and oxygen atoms in total. The van der Waals surface area contributed by atoms with Crippen molar-refractivity contribution in [3.63, 3.8) is 0 Å². The highest BCUT2D eigenvalue weighted by Gasteiger charge is 2.28. The van der Waals surface area contributed by atoms with Crippen molar-refractivity contribution in [1.29, 1.82) is 0 Å². The summed E-state index contributed by atoms with van der Waals surface area (Å²) in [6.45, 7) is 8.25. The highest BCUT2D eigenvalue weighted by molar-refractivity contribution is 6.03. The largest absolute Gasteiger partial charge is 0.339 e. The molecule has 1 unspecified atom stereocenters. The van der Waals surface area contributed by atoms with Gasteiger partial charge in [0.25, 0.3) is 0 Å². The molecule has 1 heterocycles. The maximum absolute atomic E-state index is 12.8. The van der Waals surface area contributed by atoms with Gasteiger partial charge in [-0.25, -0.2) is 4.98 Å². The molecule has 0 saturated carbocycles. The Bertz CT molecular complexity index is 1050. The Morgan fingerprint density at radius 2 is 1.59 bits per heavy atom. The minimum absolute atomic E-state index is 0.106. The maximum atomic E-state index is 12.8. The average molecular weight is 386 g/mol. The van der Waals surface area contributed by atoms with Gasteiger partial charge in [0.05, 0.1) is 11.3 Å². The molecule has 5 heteroatoms. The Labute approximate surface area is 171 Å². The van der Waals surface area contributed by atoms with Crippen LogP contribution in [-0.4, -0.2) is 15.8 Å². The fraction of sp³-hybridized carbons (Fsp3) is 0.292. The monoisotopic (exact) mass is 386 g/mol. The number of anilines is 4. The van der Waals surface area contributed by atoms with E-state index in [-0.39, 0.29) is 11.7 Å². The quantitative estimate of drug-likeness (QED) is 0.606. The van der Waals surface area contributed by atoms with Gasteiger partial charge in [-0.2, -0.15) is 4.98 Å². The van der Waals surface area contributed by atoms with E-state index in [1.54, 1.807) is 0 Å². The van der Waals surface area contributed by atoms with Crippen molar-refractivity contribution >= 4 is 28.9 Å². The first-order chi connectivity index (χ1) is 13.9. The Morgan fingerprint density at radius 1 is 0.897 bits per heavy atom. The summed E-state index contributed by atoms with van der Waals surface area (Å²) in [5.41, 5.74) is 6.76. The lowest BCUT2D eigenvalue weighted by Gasteiger charge is -2.23. The highest BCUT2D eigenvalue weighted by Crippen LogP contribution is 2.33. The van der Waals surface area contributed by atoms with Crippen LogP contribution in [0.2, 0.25) is 0 Å². The number of benzene rings is 2. The maximum Gasteiger partial charge on any atom is 0.229 e. The molecule has 1 atom stereocenters. The van der Waals surface area contributed by atoms with E-state index in [9.17, 15) is 4.79 Å². The zero-order valence-corrected chi connectivity index (χ0v) is 17.3. The third-order valence-electron chi connectivity index (χ3n) is 5.37. The minimum Gasteiger partial charge on any atom is -0.339 e. The van der Waals surface area contributed by atoms with E-state index in [2.05, 4.69) is 50.5 Å². The molecule has 1 aromatic heterocycles. The summed E-state index contributed by atoms with van der Waals surface area (Å²) < 4.78 is 0. The Kier molecular flexibility index (Phi) is 5.05. The zero-order valence-electron chi connectivity index (χ0n) is 17.3. The van der Waals surface area contributed by atoms with Crippen LogP contribution in [0.5, 0.6) is 0 Å². The molecule has 0 saturated heterocycles. The topological polar surface area (TPSA) is 66.9 Å². The van der Waals surface area contributed by atoms with Crippen LogP contribution < -0.4 is 10.6 Å². The molecule has 0 aliphatic heterocycles. The second-order valence-corrected chi connectivity index (χ2v) is 8.04. The summed E-state index contributed by atoms with van der Waals surface area (Å²) in [4.78, 5) is 22.2. The van der Waals surface area contributed by atoms with Crippen molar-refractivity contribution in [2.75, 3.05) is 10.6 Å². The van der Waals surface area contributed by atoms with Gasteiger partial charge in [0, 0.05) is 17.8 Å². The third kappa shape index (κ3) is 3.99. The lowest BCUT2D eigenvalue weighted by atomic mass is 9.87. The number of nitrogens with zero attached hydrogens (tertiary/aromatic N) is 2.